The van der Waals surface area contributed by atoms with E-state index in [4.69, 9.17) is 21.1 Å². The van der Waals surface area contributed by atoms with Gasteiger partial charge in [0, 0.05) is 16.7 Å². The van der Waals surface area contributed by atoms with Crippen molar-refractivity contribution in [3.63, 3.8) is 0 Å². The maximum atomic E-state index is 14.0. The molecule has 0 bridgehead atoms. The fraction of sp³-hybridized carbons (Fsp3) is 0.214. The zero-order valence-electron chi connectivity index (χ0n) is 19.4. The lowest BCUT2D eigenvalue weighted by molar-refractivity contribution is -0.124. The van der Waals surface area contributed by atoms with E-state index in [-0.39, 0.29) is 11.7 Å². The van der Waals surface area contributed by atoms with Crippen LogP contribution in [0.4, 0.5) is 5.69 Å². The molecule has 2 fully saturated rings. The third-order valence-electron chi connectivity index (χ3n) is 7.47. The van der Waals surface area contributed by atoms with Crippen molar-refractivity contribution < 1.29 is 23.9 Å². The van der Waals surface area contributed by atoms with Crippen molar-refractivity contribution in [2.75, 3.05) is 18.1 Å². The number of hydrazone groups is 1. The highest BCUT2D eigenvalue weighted by Gasteiger charge is 2.65. The van der Waals surface area contributed by atoms with E-state index < -0.39 is 29.8 Å². The molecular weight excluding hydrogens is 494 g/mol. The number of nitrogens with zero attached hydrogens (tertiary/aromatic N) is 3. The number of fused-ring (bicyclic) bond motifs is 6. The van der Waals surface area contributed by atoms with E-state index in [9.17, 15) is 14.4 Å². The number of anilines is 1. The molecule has 0 aromatic heterocycles. The predicted octanol–water partition coefficient (Wildman–Crippen LogP) is 3.87. The Morgan fingerprint density at radius 2 is 1.62 bits per heavy atom. The molecule has 3 aromatic rings. The molecule has 4 atom stereocenters. The molecule has 2 amide bonds. The van der Waals surface area contributed by atoms with Gasteiger partial charge in [0.1, 0.15) is 19.3 Å². The Labute approximate surface area is 217 Å². The highest BCUT2D eigenvalue weighted by molar-refractivity contribution is 6.30. The van der Waals surface area contributed by atoms with Crippen LogP contribution in [0.25, 0.3) is 0 Å². The van der Waals surface area contributed by atoms with Gasteiger partial charge < -0.3 is 9.47 Å². The Bertz CT molecular complexity index is 1500. The lowest BCUT2D eigenvalue weighted by atomic mass is 9.83. The van der Waals surface area contributed by atoms with Crippen LogP contribution in [0.1, 0.15) is 27.5 Å². The highest BCUT2D eigenvalue weighted by atomic mass is 35.5. The molecule has 37 heavy (non-hydrogen) atoms. The van der Waals surface area contributed by atoms with Gasteiger partial charge in [-0.2, -0.15) is 5.10 Å². The summed E-state index contributed by atoms with van der Waals surface area (Å²) in [5.41, 5.74) is 2.52. The fourth-order valence-electron chi connectivity index (χ4n) is 5.88. The first-order valence-electron chi connectivity index (χ1n) is 12.0. The summed E-state index contributed by atoms with van der Waals surface area (Å²) < 4.78 is 11.3. The van der Waals surface area contributed by atoms with Gasteiger partial charge in [-0.15, -0.1) is 0 Å². The van der Waals surface area contributed by atoms with E-state index >= 15 is 0 Å². The SMILES string of the molecule is O=C(c1ccc(Cl)cc1)[C@@H]1[C@@H]2C(=O)N(c3ccc4c(c3)OCCO4)C(=O)[C@H]2[C@@H]2c3ccccc3C=NN12. The standard InChI is InChI=1S/C28H20ClN3O5/c29-17-7-5-15(6-8-17)26(33)25-23-22(24-19-4-2-1-3-16(19)14-30-32(24)25)27(34)31(28(23)35)18-9-10-20-21(13-18)37-12-11-36-20/h1-10,13-14,22-25H,11-12H2/t22-,23-,24+,25+/m1/s1. The smallest absolute Gasteiger partial charge is 0.240 e. The number of benzene rings is 3. The first kappa shape index (κ1) is 22.1. The topological polar surface area (TPSA) is 88.5 Å². The van der Waals surface area contributed by atoms with Crippen LogP contribution in [0.5, 0.6) is 11.5 Å². The van der Waals surface area contributed by atoms with Gasteiger partial charge in [-0.3, -0.25) is 19.4 Å². The number of carbonyl (C=O) groups excluding carboxylic acids is 3. The quantitative estimate of drug-likeness (QED) is 0.390. The van der Waals surface area contributed by atoms with E-state index in [1.54, 1.807) is 53.7 Å². The van der Waals surface area contributed by atoms with Crippen LogP contribution in [0.3, 0.4) is 0 Å². The zero-order chi connectivity index (χ0) is 25.3. The van der Waals surface area contributed by atoms with Crippen LogP contribution in [0, 0.1) is 11.8 Å². The molecule has 0 saturated carbocycles. The molecule has 4 aliphatic heterocycles. The molecule has 0 spiro atoms. The Balaban J connectivity index is 1.35. The Morgan fingerprint density at radius 1 is 0.892 bits per heavy atom. The molecule has 0 radical (unpaired) electrons. The molecule has 0 N–H and O–H groups in total. The average molecular weight is 514 g/mol. The fourth-order valence-corrected chi connectivity index (χ4v) is 6.00. The molecule has 0 unspecified atom stereocenters. The van der Waals surface area contributed by atoms with Crippen molar-refractivity contribution in [3.05, 3.63) is 88.4 Å². The second-order valence-electron chi connectivity index (χ2n) is 9.41. The Kier molecular flexibility index (Phi) is 4.87. The average Bonchev–Trinajstić information content (AvgIpc) is 3.40. The molecule has 4 aliphatic rings. The number of carbonyl (C=O) groups is 3. The summed E-state index contributed by atoms with van der Waals surface area (Å²) in [5.74, 6) is -1.72. The minimum absolute atomic E-state index is 0.282. The second kappa shape index (κ2) is 8.18. The van der Waals surface area contributed by atoms with Gasteiger partial charge >= 0.3 is 0 Å². The Hall–Kier alpha value is -4.17. The monoisotopic (exact) mass is 513 g/mol. The molecule has 2 saturated heterocycles. The molecule has 3 aromatic carbocycles. The number of ketones is 1. The summed E-state index contributed by atoms with van der Waals surface area (Å²) in [7, 11) is 0. The molecule has 7 rings (SSSR count). The second-order valence-corrected chi connectivity index (χ2v) is 9.84. The van der Waals surface area contributed by atoms with Gasteiger partial charge in [-0.1, -0.05) is 35.9 Å². The summed E-state index contributed by atoms with van der Waals surface area (Å²) in [6.07, 6.45) is 1.68. The normalized spacial score (nSPS) is 25.1. The van der Waals surface area contributed by atoms with Crippen LogP contribution in [-0.2, 0) is 9.59 Å². The van der Waals surface area contributed by atoms with Gasteiger partial charge in [0.2, 0.25) is 11.8 Å². The van der Waals surface area contributed by atoms with E-state index in [0.29, 0.717) is 41.0 Å². The predicted molar refractivity (Wildman–Crippen MR) is 135 cm³/mol. The highest BCUT2D eigenvalue weighted by Crippen LogP contribution is 2.53. The molecule has 184 valence electrons. The number of hydrogen-bond acceptors (Lipinski definition) is 7. The number of Topliss-reactive ketones (excluding diaryl/α,β-unsaturated/α-hetero) is 1. The number of halogens is 1. The maximum absolute atomic E-state index is 14.0. The Morgan fingerprint density at radius 3 is 2.43 bits per heavy atom. The summed E-state index contributed by atoms with van der Waals surface area (Å²) in [4.78, 5) is 43.1. The van der Waals surface area contributed by atoms with E-state index in [1.165, 1.54) is 4.90 Å². The first-order chi connectivity index (χ1) is 18.0. The molecule has 0 aliphatic carbocycles. The van der Waals surface area contributed by atoms with Crippen molar-refractivity contribution in [2.45, 2.75) is 12.1 Å². The minimum Gasteiger partial charge on any atom is -0.486 e. The minimum atomic E-state index is -0.945. The van der Waals surface area contributed by atoms with Crippen molar-refractivity contribution in [2.24, 2.45) is 16.9 Å². The van der Waals surface area contributed by atoms with Crippen LogP contribution >= 0.6 is 11.6 Å². The third kappa shape index (κ3) is 3.22. The largest absolute Gasteiger partial charge is 0.486 e. The van der Waals surface area contributed by atoms with Crippen LogP contribution in [-0.4, -0.2) is 48.1 Å². The number of rotatable bonds is 3. The van der Waals surface area contributed by atoms with Gasteiger partial charge in [0.05, 0.1) is 29.8 Å². The lowest BCUT2D eigenvalue weighted by Crippen LogP contribution is -2.44. The summed E-state index contributed by atoms with van der Waals surface area (Å²) >= 11 is 6.04. The van der Waals surface area contributed by atoms with Gasteiger partial charge in [0.15, 0.2) is 17.3 Å². The zero-order valence-corrected chi connectivity index (χ0v) is 20.2. The van der Waals surface area contributed by atoms with Crippen molar-refractivity contribution in [1.82, 2.24) is 5.01 Å². The number of amides is 2. The van der Waals surface area contributed by atoms with Crippen molar-refractivity contribution in [3.8, 4) is 11.5 Å². The van der Waals surface area contributed by atoms with Crippen LogP contribution < -0.4 is 14.4 Å². The number of hydrogen-bond donors (Lipinski definition) is 0. The van der Waals surface area contributed by atoms with E-state index in [0.717, 1.165) is 11.1 Å². The van der Waals surface area contributed by atoms with Gasteiger partial charge in [-0.25, -0.2) is 4.90 Å². The number of imide groups is 1. The summed E-state index contributed by atoms with van der Waals surface area (Å²) in [6.45, 7) is 0.817. The molecule has 8 nitrogen and oxygen atoms in total. The lowest BCUT2D eigenvalue weighted by Gasteiger charge is -2.33. The van der Waals surface area contributed by atoms with Gasteiger partial charge in [0.25, 0.3) is 0 Å². The number of ether oxygens (including phenoxy) is 2. The van der Waals surface area contributed by atoms with Crippen molar-refractivity contribution in [1.29, 1.82) is 0 Å². The van der Waals surface area contributed by atoms with Gasteiger partial charge in [-0.05, 0) is 47.5 Å². The van der Waals surface area contributed by atoms with E-state index in [1.807, 2.05) is 24.3 Å². The summed E-state index contributed by atoms with van der Waals surface area (Å²) in [6, 6.07) is 17.7. The maximum Gasteiger partial charge on any atom is 0.240 e. The first-order valence-corrected chi connectivity index (χ1v) is 12.4. The van der Waals surface area contributed by atoms with Crippen molar-refractivity contribution >= 4 is 41.1 Å². The van der Waals surface area contributed by atoms with E-state index in [2.05, 4.69) is 5.10 Å². The molecular formula is C28H20ClN3O5. The summed E-state index contributed by atoms with van der Waals surface area (Å²) in [5, 5.41) is 6.73. The molecule has 9 heteroatoms. The van der Waals surface area contributed by atoms with Crippen LogP contribution in [0.15, 0.2) is 71.8 Å². The third-order valence-corrected chi connectivity index (χ3v) is 7.73. The van der Waals surface area contributed by atoms with Crippen LogP contribution in [0.2, 0.25) is 5.02 Å². The molecule has 4 heterocycles.